The molecule has 1 amide bonds. The fraction of sp³-hybridized carbons (Fsp3) is 0.154. The minimum atomic E-state index is -0.511. The van der Waals surface area contributed by atoms with Crippen LogP contribution in [0.5, 0.6) is 0 Å². The van der Waals surface area contributed by atoms with Gasteiger partial charge in [-0.2, -0.15) is 0 Å². The quantitative estimate of drug-likeness (QED) is 0.739. The summed E-state index contributed by atoms with van der Waals surface area (Å²) >= 11 is 1.74. The maximum Gasteiger partial charge on any atom is 0.250 e. The fourth-order valence-corrected chi connectivity index (χ4v) is 2.48. The average molecular weight is 261 g/mol. The van der Waals surface area contributed by atoms with Crippen molar-refractivity contribution in [2.75, 3.05) is 11.1 Å². The van der Waals surface area contributed by atoms with Gasteiger partial charge in [0.1, 0.15) is 0 Å². The molecule has 94 valence electrons. The number of hydrogen-bond donors (Lipinski definition) is 3. The van der Waals surface area contributed by atoms with E-state index in [2.05, 4.69) is 24.4 Å². The Balaban J connectivity index is 2.10. The highest BCUT2D eigenvalue weighted by molar-refractivity contribution is 7.11. The number of benzene rings is 1. The molecule has 18 heavy (non-hydrogen) atoms. The van der Waals surface area contributed by atoms with Crippen molar-refractivity contribution < 1.29 is 4.79 Å². The average Bonchev–Trinajstić information content (AvgIpc) is 2.74. The minimum Gasteiger partial charge on any atom is -0.398 e. The van der Waals surface area contributed by atoms with Gasteiger partial charge in [0.25, 0.3) is 5.91 Å². The summed E-state index contributed by atoms with van der Waals surface area (Å²) in [6.45, 7) is 2.79. The molecule has 0 fully saturated rings. The first-order valence-corrected chi connectivity index (χ1v) is 6.36. The third kappa shape index (κ3) is 2.81. The van der Waals surface area contributed by atoms with Crippen molar-refractivity contribution in [2.45, 2.75) is 13.5 Å². The van der Waals surface area contributed by atoms with Crippen molar-refractivity contribution in [3.63, 3.8) is 0 Å². The van der Waals surface area contributed by atoms with Gasteiger partial charge < -0.3 is 16.8 Å². The zero-order valence-electron chi connectivity index (χ0n) is 10.1. The number of nitrogens with two attached hydrogens (primary N) is 2. The lowest BCUT2D eigenvalue weighted by Crippen LogP contribution is -2.14. The number of hydrogen-bond acceptors (Lipinski definition) is 4. The maximum atomic E-state index is 11.2. The zero-order valence-corrected chi connectivity index (χ0v) is 10.9. The molecule has 1 aromatic heterocycles. The number of rotatable bonds is 4. The topological polar surface area (TPSA) is 81.1 Å². The number of carbonyl (C=O) groups excluding carboxylic acids is 1. The van der Waals surface area contributed by atoms with Crippen molar-refractivity contribution >= 4 is 28.6 Å². The monoisotopic (exact) mass is 261 g/mol. The van der Waals surface area contributed by atoms with Gasteiger partial charge in [0.05, 0.1) is 5.56 Å². The third-order valence-corrected chi connectivity index (χ3v) is 3.58. The highest BCUT2D eigenvalue weighted by Gasteiger charge is 2.06. The van der Waals surface area contributed by atoms with Crippen molar-refractivity contribution in [3.05, 3.63) is 45.6 Å². The first-order chi connectivity index (χ1) is 8.56. The second kappa shape index (κ2) is 5.10. The minimum absolute atomic E-state index is 0.349. The summed E-state index contributed by atoms with van der Waals surface area (Å²) in [5.74, 6) is -0.511. The summed E-state index contributed by atoms with van der Waals surface area (Å²) in [6, 6.07) is 9.36. The molecule has 0 aliphatic carbocycles. The first kappa shape index (κ1) is 12.4. The summed E-state index contributed by atoms with van der Waals surface area (Å²) in [5.41, 5.74) is 12.5. The lowest BCUT2D eigenvalue weighted by atomic mass is 10.1. The van der Waals surface area contributed by atoms with E-state index in [4.69, 9.17) is 11.5 Å². The van der Waals surface area contributed by atoms with Crippen molar-refractivity contribution in [1.82, 2.24) is 0 Å². The Hall–Kier alpha value is -2.01. The van der Waals surface area contributed by atoms with Crippen LogP contribution < -0.4 is 16.8 Å². The summed E-state index contributed by atoms with van der Waals surface area (Å²) in [7, 11) is 0. The molecule has 0 saturated carbocycles. The smallest absolute Gasteiger partial charge is 0.250 e. The van der Waals surface area contributed by atoms with E-state index in [9.17, 15) is 4.79 Å². The van der Waals surface area contributed by atoms with Gasteiger partial charge in [0, 0.05) is 27.7 Å². The molecule has 4 nitrogen and oxygen atoms in total. The molecule has 0 aliphatic rings. The molecule has 1 heterocycles. The Morgan fingerprint density at radius 1 is 1.33 bits per heavy atom. The number of aryl methyl sites for hydroxylation is 1. The highest BCUT2D eigenvalue weighted by Crippen LogP contribution is 2.20. The predicted molar refractivity (Wildman–Crippen MR) is 75.8 cm³/mol. The van der Waals surface area contributed by atoms with Gasteiger partial charge in [-0.15, -0.1) is 11.3 Å². The van der Waals surface area contributed by atoms with Gasteiger partial charge in [-0.3, -0.25) is 4.79 Å². The van der Waals surface area contributed by atoms with Gasteiger partial charge in [0.15, 0.2) is 0 Å². The van der Waals surface area contributed by atoms with E-state index in [0.717, 1.165) is 12.2 Å². The van der Waals surface area contributed by atoms with Crippen LogP contribution in [0.2, 0.25) is 0 Å². The molecule has 5 heteroatoms. The molecular formula is C13H15N3OS. The summed E-state index contributed by atoms with van der Waals surface area (Å²) in [5, 5.41) is 3.24. The molecule has 1 aromatic carbocycles. The Morgan fingerprint density at radius 2 is 2.11 bits per heavy atom. The van der Waals surface area contributed by atoms with E-state index in [-0.39, 0.29) is 0 Å². The van der Waals surface area contributed by atoms with Crippen LogP contribution in [0, 0.1) is 6.92 Å². The van der Waals surface area contributed by atoms with Gasteiger partial charge in [-0.1, -0.05) is 0 Å². The molecule has 5 N–H and O–H groups in total. The fourth-order valence-electron chi connectivity index (χ4n) is 1.65. The molecule has 0 unspecified atom stereocenters. The van der Waals surface area contributed by atoms with Crippen LogP contribution in [0.1, 0.15) is 20.1 Å². The molecule has 0 radical (unpaired) electrons. The van der Waals surface area contributed by atoms with E-state index in [1.807, 2.05) is 6.07 Å². The van der Waals surface area contributed by atoms with Crippen molar-refractivity contribution in [3.8, 4) is 0 Å². The van der Waals surface area contributed by atoms with Crippen LogP contribution >= 0.6 is 11.3 Å². The molecule has 0 bridgehead atoms. The molecule has 0 atom stereocenters. The molecule has 0 spiro atoms. The Kier molecular flexibility index (Phi) is 3.53. The van der Waals surface area contributed by atoms with Crippen LogP contribution in [0.3, 0.4) is 0 Å². The summed E-state index contributed by atoms with van der Waals surface area (Å²) in [4.78, 5) is 13.7. The largest absolute Gasteiger partial charge is 0.398 e. The van der Waals surface area contributed by atoms with Crippen molar-refractivity contribution in [2.24, 2.45) is 5.73 Å². The van der Waals surface area contributed by atoms with Gasteiger partial charge in [-0.05, 0) is 37.3 Å². The van der Waals surface area contributed by atoms with Gasteiger partial charge >= 0.3 is 0 Å². The maximum absolute atomic E-state index is 11.2. The van der Waals surface area contributed by atoms with Crippen LogP contribution in [-0.4, -0.2) is 5.91 Å². The molecule has 2 aromatic rings. The first-order valence-electron chi connectivity index (χ1n) is 5.55. The van der Waals surface area contributed by atoms with E-state index in [0.29, 0.717) is 11.3 Å². The normalized spacial score (nSPS) is 10.3. The van der Waals surface area contributed by atoms with Crippen LogP contribution in [0.25, 0.3) is 0 Å². The van der Waals surface area contributed by atoms with Crippen LogP contribution in [0.4, 0.5) is 11.4 Å². The van der Waals surface area contributed by atoms with Gasteiger partial charge in [0.2, 0.25) is 0 Å². The SMILES string of the molecule is Cc1ccc(CNc2ccc(N)c(C(N)=O)c2)s1. The lowest BCUT2D eigenvalue weighted by Gasteiger charge is -2.08. The number of primary amides is 1. The lowest BCUT2D eigenvalue weighted by molar-refractivity contribution is 0.100. The standard InChI is InChI=1S/C13H15N3OS/c1-8-2-4-10(18-8)7-16-9-3-5-12(14)11(6-9)13(15)17/h2-6,16H,7,14H2,1H3,(H2,15,17). The molecule has 0 aliphatic heterocycles. The predicted octanol–water partition coefficient (Wildman–Crippen LogP) is 2.35. The van der Waals surface area contributed by atoms with Crippen molar-refractivity contribution in [1.29, 1.82) is 0 Å². The Morgan fingerprint density at radius 3 is 2.72 bits per heavy atom. The van der Waals surface area contributed by atoms with Crippen LogP contribution in [0.15, 0.2) is 30.3 Å². The zero-order chi connectivity index (χ0) is 13.1. The van der Waals surface area contributed by atoms with E-state index < -0.39 is 5.91 Å². The number of carbonyl (C=O) groups is 1. The second-order valence-electron chi connectivity index (χ2n) is 4.03. The van der Waals surface area contributed by atoms with E-state index >= 15 is 0 Å². The second-order valence-corrected chi connectivity index (χ2v) is 5.40. The summed E-state index contributed by atoms with van der Waals surface area (Å²) in [6.07, 6.45) is 0. The van der Waals surface area contributed by atoms with Crippen LogP contribution in [-0.2, 0) is 6.54 Å². The number of nitrogens with one attached hydrogen (secondary N) is 1. The molecule has 0 saturated heterocycles. The highest BCUT2D eigenvalue weighted by atomic mass is 32.1. The molecular weight excluding hydrogens is 246 g/mol. The molecule has 2 rings (SSSR count). The summed E-state index contributed by atoms with van der Waals surface area (Å²) < 4.78 is 0. The number of thiophene rings is 1. The number of amides is 1. The third-order valence-electron chi connectivity index (χ3n) is 2.58. The number of nitrogen functional groups attached to an aromatic ring is 1. The Bertz CT molecular complexity index is 577. The Labute approximate surface area is 110 Å². The van der Waals surface area contributed by atoms with E-state index in [1.54, 1.807) is 23.5 Å². The van der Waals surface area contributed by atoms with Gasteiger partial charge in [-0.25, -0.2) is 0 Å². The van der Waals surface area contributed by atoms with E-state index in [1.165, 1.54) is 9.75 Å². The number of anilines is 2.